The first-order valence-electron chi connectivity index (χ1n) is 7.29. The molecule has 3 rings (SSSR count). The molecule has 0 aliphatic heterocycles. The predicted molar refractivity (Wildman–Crippen MR) is 80.3 cm³/mol. The Morgan fingerprint density at radius 1 is 1.29 bits per heavy atom. The lowest BCUT2D eigenvalue weighted by Crippen LogP contribution is -2.25. The van der Waals surface area contributed by atoms with Gasteiger partial charge in [0.15, 0.2) is 0 Å². The third-order valence-corrected chi connectivity index (χ3v) is 4.01. The number of aryl methyl sites for hydroxylation is 1. The van der Waals surface area contributed by atoms with Crippen molar-refractivity contribution < 1.29 is 9.18 Å². The van der Waals surface area contributed by atoms with Gasteiger partial charge < -0.3 is 9.88 Å². The van der Waals surface area contributed by atoms with Crippen molar-refractivity contribution in [1.29, 1.82) is 0 Å². The molecule has 0 radical (unpaired) electrons. The molecule has 0 spiro atoms. The van der Waals surface area contributed by atoms with E-state index in [1.54, 1.807) is 12.1 Å². The molecule has 1 fully saturated rings. The van der Waals surface area contributed by atoms with Gasteiger partial charge in [-0.25, -0.2) is 4.39 Å². The van der Waals surface area contributed by atoms with E-state index in [9.17, 15) is 9.18 Å². The molecule has 1 aromatic carbocycles. The SMILES string of the molecule is Cc1cc(C(=O)NCC2CC2)c(C)n1-c1ccc(F)cc1. The van der Waals surface area contributed by atoms with Gasteiger partial charge in [0.05, 0.1) is 5.56 Å². The van der Waals surface area contributed by atoms with E-state index in [1.807, 2.05) is 24.5 Å². The molecule has 1 heterocycles. The highest BCUT2D eigenvalue weighted by atomic mass is 19.1. The second kappa shape index (κ2) is 5.35. The third kappa shape index (κ3) is 2.84. The first-order chi connectivity index (χ1) is 10.1. The highest BCUT2D eigenvalue weighted by Gasteiger charge is 2.23. The lowest BCUT2D eigenvalue weighted by atomic mass is 10.2. The summed E-state index contributed by atoms with van der Waals surface area (Å²) in [6.45, 7) is 4.63. The average Bonchev–Trinajstić information content (AvgIpc) is 3.24. The minimum atomic E-state index is -0.261. The Bertz CT molecular complexity index is 669. The van der Waals surface area contributed by atoms with Crippen LogP contribution in [0.4, 0.5) is 4.39 Å². The van der Waals surface area contributed by atoms with Gasteiger partial charge in [0.2, 0.25) is 0 Å². The molecule has 0 unspecified atom stereocenters. The number of hydrogen-bond donors (Lipinski definition) is 1. The van der Waals surface area contributed by atoms with Crippen LogP contribution in [0, 0.1) is 25.6 Å². The van der Waals surface area contributed by atoms with Crippen molar-refractivity contribution in [2.75, 3.05) is 6.54 Å². The van der Waals surface area contributed by atoms with Crippen LogP contribution in [0.5, 0.6) is 0 Å². The van der Waals surface area contributed by atoms with Crippen LogP contribution in [0.1, 0.15) is 34.6 Å². The van der Waals surface area contributed by atoms with Gasteiger partial charge in [0, 0.05) is 23.6 Å². The summed E-state index contributed by atoms with van der Waals surface area (Å²) in [5.74, 6) is 0.376. The quantitative estimate of drug-likeness (QED) is 0.918. The van der Waals surface area contributed by atoms with Crippen LogP contribution in [-0.2, 0) is 0 Å². The summed E-state index contributed by atoms with van der Waals surface area (Å²) in [5.41, 5.74) is 3.41. The van der Waals surface area contributed by atoms with E-state index in [-0.39, 0.29) is 11.7 Å². The van der Waals surface area contributed by atoms with E-state index in [0.29, 0.717) is 11.5 Å². The summed E-state index contributed by atoms with van der Waals surface area (Å²) < 4.78 is 15.0. The molecular weight excluding hydrogens is 267 g/mol. The largest absolute Gasteiger partial charge is 0.352 e. The second-order valence-corrected chi connectivity index (χ2v) is 5.75. The zero-order valence-electron chi connectivity index (χ0n) is 12.3. The Balaban J connectivity index is 1.88. The minimum absolute atomic E-state index is 0.0247. The predicted octanol–water partition coefficient (Wildman–Crippen LogP) is 3.37. The maximum atomic E-state index is 13.0. The number of aromatic nitrogens is 1. The summed E-state index contributed by atoms with van der Waals surface area (Å²) in [4.78, 5) is 12.3. The third-order valence-electron chi connectivity index (χ3n) is 4.01. The lowest BCUT2D eigenvalue weighted by molar-refractivity contribution is 0.0951. The molecule has 1 N–H and O–H groups in total. The number of carbonyl (C=O) groups excluding carboxylic acids is 1. The molecule has 1 aliphatic rings. The average molecular weight is 286 g/mol. The maximum absolute atomic E-state index is 13.0. The van der Waals surface area contributed by atoms with Crippen molar-refractivity contribution >= 4 is 5.91 Å². The van der Waals surface area contributed by atoms with Crippen LogP contribution in [0.25, 0.3) is 5.69 Å². The van der Waals surface area contributed by atoms with Crippen molar-refractivity contribution in [2.24, 2.45) is 5.92 Å². The van der Waals surface area contributed by atoms with Crippen molar-refractivity contribution in [3.8, 4) is 5.69 Å². The molecule has 1 amide bonds. The summed E-state index contributed by atoms with van der Waals surface area (Å²) in [5, 5.41) is 2.99. The fourth-order valence-electron chi connectivity index (χ4n) is 2.63. The Kier molecular flexibility index (Phi) is 3.53. The van der Waals surface area contributed by atoms with E-state index >= 15 is 0 Å². The fourth-order valence-corrected chi connectivity index (χ4v) is 2.63. The Labute approximate surface area is 123 Å². The molecule has 3 nitrogen and oxygen atoms in total. The number of nitrogens with zero attached hydrogens (tertiary/aromatic N) is 1. The van der Waals surface area contributed by atoms with Crippen molar-refractivity contribution in [2.45, 2.75) is 26.7 Å². The van der Waals surface area contributed by atoms with Gasteiger partial charge in [-0.15, -0.1) is 0 Å². The molecule has 1 saturated carbocycles. The van der Waals surface area contributed by atoms with Crippen molar-refractivity contribution in [3.05, 3.63) is 53.1 Å². The van der Waals surface area contributed by atoms with E-state index in [2.05, 4.69) is 5.32 Å². The molecular formula is C17H19FN2O. The van der Waals surface area contributed by atoms with Crippen LogP contribution in [0.3, 0.4) is 0 Å². The number of nitrogens with one attached hydrogen (secondary N) is 1. The van der Waals surface area contributed by atoms with E-state index in [1.165, 1.54) is 25.0 Å². The van der Waals surface area contributed by atoms with Gasteiger partial charge in [-0.1, -0.05) is 0 Å². The molecule has 0 saturated heterocycles. The van der Waals surface area contributed by atoms with E-state index < -0.39 is 0 Å². The Hall–Kier alpha value is -2.10. The second-order valence-electron chi connectivity index (χ2n) is 5.75. The zero-order valence-corrected chi connectivity index (χ0v) is 12.3. The Morgan fingerprint density at radius 3 is 2.57 bits per heavy atom. The normalized spacial score (nSPS) is 14.2. The highest BCUT2D eigenvalue weighted by molar-refractivity contribution is 5.95. The first kappa shape index (κ1) is 13.9. The van der Waals surface area contributed by atoms with Crippen LogP contribution in [0.15, 0.2) is 30.3 Å². The summed E-state index contributed by atoms with van der Waals surface area (Å²) in [6, 6.07) is 8.20. The van der Waals surface area contributed by atoms with Gasteiger partial charge in [-0.2, -0.15) is 0 Å². The number of rotatable bonds is 4. The molecule has 2 aromatic rings. The standard InChI is InChI=1S/C17H19FN2O/c1-11-9-16(17(21)19-10-13-3-4-13)12(2)20(11)15-7-5-14(18)6-8-15/h5-9,13H,3-4,10H2,1-2H3,(H,19,21). The summed E-state index contributed by atoms with van der Waals surface area (Å²) in [7, 11) is 0. The minimum Gasteiger partial charge on any atom is -0.352 e. The van der Waals surface area contributed by atoms with Crippen LogP contribution < -0.4 is 5.32 Å². The van der Waals surface area contributed by atoms with Gasteiger partial charge in [-0.3, -0.25) is 4.79 Å². The Morgan fingerprint density at radius 2 is 1.95 bits per heavy atom. The number of hydrogen-bond acceptors (Lipinski definition) is 1. The molecule has 1 aliphatic carbocycles. The number of carbonyl (C=O) groups is 1. The van der Waals surface area contributed by atoms with Crippen LogP contribution >= 0.6 is 0 Å². The van der Waals surface area contributed by atoms with Gasteiger partial charge in [-0.05, 0) is 62.9 Å². The summed E-state index contributed by atoms with van der Waals surface area (Å²) >= 11 is 0. The molecule has 4 heteroatoms. The van der Waals surface area contributed by atoms with Crippen molar-refractivity contribution in [1.82, 2.24) is 9.88 Å². The number of halogens is 1. The molecule has 21 heavy (non-hydrogen) atoms. The smallest absolute Gasteiger partial charge is 0.253 e. The molecule has 1 aromatic heterocycles. The van der Waals surface area contributed by atoms with Crippen LogP contribution in [0.2, 0.25) is 0 Å². The number of benzene rings is 1. The zero-order chi connectivity index (χ0) is 15.0. The van der Waals surface area contributed by atoms with Gasteiger partial charge >= 0.3 is 0 Å². The monoisotopic (exact) mass is 286 g/mol. The fraction of sp³-hybridized carbons (Fsp3) is 0.353. The molecule has 0 bridgehead atoms. The number of amides is 1. The van der Waals surface area contributed by atoms with Crippen molar-refractivity contribution in [3.63, 3.8) is 0 Å². The first-order valence-corrected chi connectivity index (χ1v) is 7.29. The lowest BCUT2D eigenvalue weighted by Gasteiger charge is -2.10. The van der Waals surface area contributed by atoms with E-state index in [0.717, 1.165) is 23.6 Å². The molecule has 110 valence electrons. The maximum Gasteiger partial charge on any atom is 0.253 e. The van der Waals surface area contributed by atoms with Crippen LogP contribution in [-0.4, -0.2) is 17.0 Å². The highest BCUT2D eigenvalue weighted by Crippen LogP contribution is 2.28. The summed E-state index contributed by atoms with van der Waals surface area (Å²) in [6.07, 6.45) is 2.43. The van der Waals surface area contributed by atoms with Gasteiger partial charge in [0.25, 0.3) is 5.91 Å². The van der Waals surface area contributed by atoms with E-state index in [4.69, 9.17) is 0 Å². The van der Waals surface area contributed by atoms with Gasteiger partial charge in [0.1, 0.15) is 5.82 Å². The topological polar surface area (TPSA) is 34.0 Å². The molecule has 0 atom stereocenters.